The molecule has 2 saturated carbocycles. The molecule has 0 aromatic carbocycles. The van der Waals surface area contributed by atoms with Crippen molar-refractivity contribution in [1.82, 2.24) is 0 Å². The highest BCUT2D eigenvalue weighted by Crippen LogP contribution is 2.62. The zero-order valence-corrected chi connectivity index (χ0v) is 9.96. The van der Waals surface area contributed by atoms with Crippen LogP contribution < -0.4 is 0 Å². The fourth-order valence-corrected chi connectivity index (χ4v) is 3.53. The SMILES string of the molecule is C=C(C#N)C(=O)OC1C2CC3C1OC(=O)C3(C#N)C2. The van der Waals surface area contributed by atoms with Gasteiger partial charge >= 0.3 is 11.9 Å². The van der Waals surface area contributed by atoms with Crippen LogP contribution >= 0.6 is 0 Å². The van der Waals surface area contributed by atoms with Gasteiger partial charge in [-0.1, -0.05) is 6.58 Å². The monoisotopic (exact) mass is 258 g/mol. The summed E-state index contributed by atoms with van der Waals surface area (Å²) < 4.78 is 10.4. The van der Waals surface area contributed by atoms with Gasteiger partial charge in [0.2, 0.25) is 0 Å². The van der Waals surface area contributed by atoms with Gasteiger partial charge in [-0.05, 0) is 12.8 Å². The topological polar surface area (TPSA) is 100 Å². The van der Waals surface area contributed by atoms with Crippen LogP contribution in [0.25, 0.3) is 0 Å². The molecule has 0 spiro atoms. The first-order valence-electron chi connectivity index (χ1n) is 5.96. The van der Waals surface area contributed by atoms with Gasteiger partial charge in [0.1, 0.15) is 23.9 Å². The molecule has 1 aliphatic heterocycles. The Bertz CT molecular complexity index is 584. The zero-order valence-electron chi connectivity index (χ0n) is 9.96. The Morgan fingerprint density at radius 3 is 2.89 bits per heavy atom. The Morgan fingerprint density at radius 2 is 2.26 bits per heavy atom. The molecule has 3 rings (SSSR count). The first kappa shape index (κ1) is 11.7. The van der Waals surface area contributed by atoms with Crippen LogP contribution in [-0.4, -0.2) is 24.1 Å². The molecule has 6 nitrogen and oxygen atoms in total. The van der Waals surface area contributed by atoms with E-state index in [2.05, 4.69) is 12.6 Å². The molecule has 5 unspecified atom stereocenters. The highest BCUT2D eigenvalue weighted by Gasteiger charge is 2.72. The Balaban J connectivity index is 1.82. The summed E-state index contributed by atoms with van der Waals surface area (Å²) in [6.07, 6.45) is -0.113. The van der Waals surface area contributed by atoms with Crippen molar-refractivity contribution in [1.29, 1.82) is 10.5 Å². The van der Waals surface area contributed by atoms with E-state index in [0.717, 1.165) is 0 Å². The summed E-state index contributed by atoms with van der Waals surface area (Å²) in [5, 5.41) is 17.8. The van der Waals surface area contributed by atoms with Crippen LogP contribution in [0.1, 0.15) is 12.8 Å². The van der Waals surface area contributed by atoms with Crippen LogP contribution in [0.4, 0.5) is 0 Å². The average Bonchev–Trinajstić information content (AvgIpc) is 2.99. The van der Waals surface area contributed by atoms with Crippen molar-refractivity contribution in [2.75, 3.05) is 0 Å². The number of nitrogens with zero attached hydrogens (tertiary/aromatic N) is 2. The molecular formula is C13H10N2O4. The second kappa shape index (κ2) is 3.58. The van der Waals surface area contributed by atoms with Gasteiger partial charge in [-0.15, -0.1) is 0 Å². The summed E-state index contributed by atoms with van der Waals surface area (Å²) in [6, 6.07) is 3.70. The first-order chi connectivity index (χ1) is 9.03. The fourth-order valence-electron chi connectivity index (χ4n) is 3.53. The van der Waals surface area contributed by atoms with E-state index in [1.165, 1.54) is 0 Å². The van der Waals surface area contributed by atoms with E-state index in [9.17, 15) is 14.9 Å². The van der Waals surface area contributed by atoms with Gasteiger partial charge in [-0.25, -0.2) is 4.79 Å². The summed E-state index contributed by atoms with van der Waals surface area (Å²) in [4.78, 5) is 23.4. The van der Waals surface area contributed by atoms with Crippen LogP contribution in [0.5, 0.6) is 0 Å². The molecule has 0 amide bonds. The van der Waals surface area contributed by atoms with Crippen LogP contribution in [-0.2, 0) is 19.1 Å². The van der Waals surface area contributed by atoms with E-state index in [-0.39, 0.29) is 17.4 Å². The number of fused-ring (bicyclic) bond motifs is 1. The Labute approximate surface area is 109 Å². The lowest BCUT2D eigenvalue weighted by molar-refractivity contribution is -0.158. The Kier molecular flexibility index (Phi) is 2.21. The Hall–Kier alpha value is -2.34. The van der Waals surface area contributed by atoms with Gasteiger partial charge in [0.25, 0.3) is 0 Å². The summed E-state index contributed by atoms with van der Waals surface area (Å²) in [6.45, 7) is 3.29. The van der Waals surface area contributed by atoms with Crippen molar-refractivity contribution in [3.8, 4) is 12.1 Å². The largest absolute Gasteiger partial charge is 0.457 e. The molecule has 96 valence electrons. The summed E-state index contributed by atoms with van der Waals surface area (Å²) in [7, 11) is 0. The van der Waals surface area contributed by atoms with E-state index in [4.69, 9.17) is 14.7 Å². The van der Waals surface area contributed by atoms with E-state index >= 15 is 0 Å². The smallest absolute Gasteiger partial charge is 0.348 e. The maximum absolute atomic E-state index is 11.8. The van der Waals surface area contributed by atoms with Crippen LogP contribution in [0, 0.1) is 39.9 Å². The minimum atomic E-state index is -1.05. The van der Waals surface area contributed by atoms with Gasteiger partial charge in [-0.2, -0.15) is 10.5 Å². The predicted molar refractivity (Wildman–Crippen MR) is 58.8 cm³/mol. The molecule has 1 saturated heterocycles. The van der Waals surface area contributed by atoms with Crippen LogP contribution in [0.2, 0.25) is 0 Å². The zero-order chi connectivity index (χ0) is 13.8. The van der Waals surface area contributed by atoms with E-state index in [0.29, 0.717) is 12.8 Å². The number of carbonyl (C=O) groups is 2. The molecule has 19 heavy (non-hydrogen) atoms. The maximum atomic E-state index is 11.8. The normalized spacial score (nSPS) is 41.3. The van der Waals surface area contributed by atoms with E-state index in [1.807, 2.05) is 0 Å². The fraction of sp³-hybridized carbons (Fsp3) is 0.538. The summed E-state index contributed by atoms with van der Waals surface area (Å²) in [5.41, 5.74) is -1.33. The Morgan fingerprint density at radius 1 is 1.53 bits per heavy atom. The van der Waals surface area contributed by atoms with Gasteiger partial charge < -0.3 is 9.47 Å². The maximum Gasteiger partial charge on any atom is 0.348 e. The average molecular weight is 258 g/mol. The van der Waals surface area contributed by atoms with Crippen molar-refractivity contribution in [3.63, 3.8) is 0 Å². The molecule has 0 aromatic rings. The van der Waals surface area contributed by atoms with Gasteiger partial charge in [0, 0.05) is 11.8 Å². The van der Waals surface area contributed by atoms with E-state index < -0.39 is 29.6 Å². The summed E-state index contributed by atoms with van der Waals surface area (Å²) >= 11 is 0. The second-order valence-electron chi connectivity index (χ2n) is 5.22. The number of hydrogen-bond acceptors (Lipinski definition) is 6. The minimum absolute atomic E-state index is 0.0588. The van der Waals surface area contributed by atoms with E-state index in [1.54, 1.807) is 6.07 Å². The molecule has 5 atom stereocenters. The third-order valence-electron chi connectivity index (χ3n) is 4.39. The molecule has 0 radical (unpaired) electrons. The van der Waals surface area contributed by atoms with Crippen LogP contribution in [0.15, 0.2) is 12.2 Å². The molecule has 6 heteroatoms. The van der Waals surface area contributed by atoms with Crippen LogP contribution in [0.3, 0.4) is 0 Å². The molecule has 0 N–H and O–H groups in total. The third kappa shape index (κ3) is 1.29. The van der Waals surface area contributed by atoms with Gasteiger partial charge in [0.05, 0.1) is 6.07 Å². The number of rotatable bonds is 2. The molecule has 3 aliphatic rings. The number of hydrogen-bond donors (Lipinski definition) is 0. The molecular weight excluding hydrogens is 248 g/mol. The number of carbonyl (C=O) groups excluding carboxylic acids is 2. The van der Waals surface area contributed by atoms with Gasteiger partial charge in [0.15, 0.2) is 5.41 Å². The molecule has 0 aromatic heterocycles. The highest BCUT2D eigenvalue weighted by molar-refractivity contribution is 5.92. The number of nitriles is 2. The standard InChI is InChI=1S/C13H10N2O4/c1-6(4-14)11(16)18-9-7-2-8-10(9)19-12(17)13(8,3-7)5-15/h7-10H,1-3H2. The molecule has 3 fully saturated rings. The lowest BCUT2D eigenvalue weighted by Crippen LogP contribution is -2.39. The van der Waals surface area contributed by atoms with Crippen molar-refractivity contribution in [2.45, 2.75) is 25.0 Å². The van der Waals surface area contributed by atoms with Crippen molar-refractivity contribution in [2.24, 2.45) is 17.3 Å². The molecule has 2 aliphatic carbocycles. The molecule has 2 bridgehead atoms. The lowest BCUT2D eigenvalue weighted by atomic mass is 9.74. The lowest BCUT2D eigenvalue weighted by Gasteiger charge is -2.27. The van der Waals surface area contributed by atoms with Crippen molar-refractivity contribution in [3.05, 3.63) is 12.2 Å². The van der Waals surface area contributed by atoms with Crippen molar-refractivity contribution < 1.29 is 19.1 Å². The number of ether oxygens (including phenoxy) is 2. The minimum Gasteiger partial charge on any atom is -0.457 e. The third-order valence-corrected chi connectivity index (χ3v) is 4.39. The molecule has 1 heterocycles. The second-order valence-corrected chi connectivity index (χ2v) is 5.22. The highest BCUT2D eigenvalue weighted by atomic mass is 16.6. The van der Waals surface area contributed by atoms with Crippen molar-refractivity contribution >= 4 is 11.9 Å². The predicted octanol–water partition coefficient (Wildman–Crippen LogP) is 0.453. The first-order valence-corrected chi connectivity index (χ1v) is 5.96. The quantitative estimate of drug-likeness (QED) is 0.405. The summed E-state index contributed by atoms with van der Waals surface area (Å²) in [5.74, 6) is -1.56. The van der Waals surface area contributed by atoms with Gasteiger partial charge in [-0.3, -0.25) is 4.79 Å². The number of esters is 2.